The number of hydrogen-bond acceptors (Lipinski definition) is 2. The molecular weight excluding hydrogens is 258 g/mol. The SMILES string of the molecule is CCc1cccc2c(CN3CCC(CNC)CC3)c[nH]c12. The molecule has 1 aromatic heterocycles. The molecule has 2 heterocycles. The van der Waals surface area contributed by atoms with E-state index in [1.807, 2.05) is 0 Å². The first kappa shape index (κ1) is 14.6. The van der Waals surface area contributed by atoms with E-state index in [1.54, 1.807) is 0 Å². The highest BCUT2D eigenvalue weighted by atomic mass is 15.1. The Kier molecular flexibility index (Phi) is 4.61. The third-order valence-corrected chi connectivity index (χ3v) is 4.86. The maximum atomic E-state index is 3.49. The molecule has 1 fully saturated rings. The van der Waals surface area contributed by atoms with Crippen LogP contribution >= 0.6 is 0 Å². The van der Waals surface area contributed by atoms with Crippen LogP contribution in [0.15, 0.2) is 24.4 Å². The van der Waals surface area contributed by atoms with Gasteiger partial charge in [0.2, 0.25) is 0 Å². The largest absolute Gasteiger partial charge is 0.361 e. The van der Waals surface area contributed by atoms with Gasteiger partial charge in [-0.1, -0.05) is 25.1 Å². The van der Waals surface area contributed by atoms with Crippen molar-refractivity contribution in [3.05, 3.63) is 35.5 Å². The lowest BCUT2D eigenvalue weighted by molar-refractivity contribution is 0.177. The molecule has 1 aliphatic heterocycles. The summed E-state index contributed by atoms with van der Waals surface area (Å²) in [6.45, 7) is 6.93. The number of aromatic amines is 1. The van der Waals surface area contributed by atoms with Gasteiger partial charge in [0.1, 0.15) is 0 Å². The van der Waals surface area contributed by atoms with E-state index in [9.17, 15) is 0 Å². The van der Waals surface area contributed by atoms with Gasteiger partial charge < -0.3 is 10.3 Å². The summed E-state index contributed by atoms with van der Waals surface area (Å²) >= 11 is 0. The summed E-state index contributed by atoms with van der Waals surface area (Å²) < 4.78 is 0. The van der Waals surface area contributed by atoms with E-state index in [-0.39, 0.29) is 0 Å². The van der Waals surface area contributed by atoms with Crippen LogP contribution in [0.5, 0.6) is 0 Å². The van der Waals surface area contributed by atoms with Crippen LogP contribution in [-0.4, -0.2) is 36.6 Å². The number of benzene rings is 1. The summed E-state index contributed by atoms with van der Waals surface area (Å²) in [7, 11) is 2.06. The van der Waals surface area contributed by atoms with Gasteiger partial charge in [0.05, 0.1) is 0 Å². The van der Waals surface area contributed by atoms with Crippen LogP contribution in [0.4, 0.5) is 0 Å². The number of nitrogens with zero attached hydrogens (tertiary/aromatic N) is 1. The van der Waals surface area contributed by atoms with Gasteiger partial charge >= 0.3 is 0 Å². The van der Waals surface area contributed by atoms with Crippen molar-refractivity contribution in [3.8, 4) is 0 Å². The lowest BCUT2D eigenvalue weighted by atomic mass is 9.96. The zero-order valence-electron chi connectivity index (χ0n) is 13.3. The van der Waals surface area contributed by atoms with E-state index in [1.165, 1.54) is 54.5 Å². The summed E-state index contributed by atoms with van der Waals surface area (Å²) in [4.78, 5) is 6.09. The zero-order chi connectivity index (χ0) is 14.7. The predicted molar refractivity (Wildman–Crippen MR) is 89.6 cm³/mol. The molecule has 2 N–H and O–H groups in total. The number of H-pyrrole nitrogens is 1. The fourth-order valence-corrected chi connectivity index (χ4v) is 3.58. The lowest BCUT2D eigenvalue weighted by Gasteiger charge is -2.31. The Morgan fingerprint density at radius 3 is 2.76 bits per heavy atom. The van der Waals surface area contributed by atoms with Crippen molar-refractivity contribution in [3.63, 3.8) is 0 Å². The van der Waals surface area contributed by atoms with Gasteiger partial charge in [0.15, 0.2) is 0 Å². The Hall–Kier alpha value is -1.32. The van der Waals surface area contributed by atoms with Gasteiger partial charge in [-0.25, -0.2) is 0 Å². The quantitative estimate of drug-likeness (QED) is 0.884. The first-order chi connectivity index (χ1) is 10.3. The average Bonchev–Trinajstić information content (AvgIpc) is 2.93. The van der Waals surface area contributed by atoms with Crippen LogP contribution in [0.2, 0.25) is 0 Å². The molecule has 3 nitrogen and oxygen atoms in total. The third-order valence-electron chi connectivity index (χ3n) is 4.86. The fraction of sp³-hybridized carbons (Fsp3) is 0.556. The predicted octanol–water partition coefficient (Wildman–Crippen LogP) is 3.16. The third kappa shape index (κ3) is 3.14. The van der Waals surface area contributed by atoms with Crippen molar-refractivity contribution in [2.45, 2.75) is 32.7 Å². The summed E-state index contributed by atoms with van der Waals surface area (Å²) in [5.74, 6) is 0.862. The van der Waals surface area contributed by atoms with E-state index < -0.39 is 0 Å². The van der Waals surface area contributed by atoms with Crippen LogP contribution in [0.25, 0.3) is 10.9 Å². The van der Waals surface area contributed by atoms with E-state index in [0.717, 1.165) is 18.9 Å². The number of fused-ring (bicyclic) bond motifs is 1. The molecule has 0 amide bonds. The topological polar surface area (TPSA) is 31.1 Å². The van der Waals surface area contributed by atoms with Gasteiger partial charge in [-0.3, -0.25) is 4.90 Å². The molecule has 0 bridgehead atoms. The standard InChI is InChI=1S/C18H27N3/c1-3-15-5-4-6-17-16(12-20-18(15)17)13-21-9-7-14(8-10-21)11-19-2/h4-6,12,14,19-20H,3,7-11,13H2,1-2H3. The van der Waals surface area contributed by atoms with Crippen molar-refractivity contribution in [2.75, 3.05) is 26.7 Å². The molecule has 114 valence electrons. The first-order valence-corrected chi connectivity index (χ1v) is 8.26. The lowest BCUT2D eigenvalue weighted by Crippen LogP contribution is -2.36. The van der Waals surface area contributed by atoms with E-state index >= 15 is 0 Å². The minimum absolute atomic E-state index is 0.862. The molecule has 21 heavy (non-hydrogen) atoms. The Balaban J connectivity index is 1.69. The molecule has 0 spiro atoms. The molecule has 1 saturated heterocycles. The number of nitrogens with one attached hydrogen (secondary N) is 2. The second-order valence-electron chi connectivity index (χ2n) is 6.28. The van der Waals surface area contributed by atoms with Crippen molar-refractivity contribution < 1.29 is 0 Å². The summed E-state index contributed by atoms with van der Waals surface area (Å²) in [6.07, 6.45) is 5.95. The Labute approximate surface area is 127 Å². The number of rotatable bonds is 5. The normalized spacial score (nSPS) is 17.6. The molecule has 0 radical (unpaired) electrons. The summed E-state index contributed by atoms with van der Waals surface area (Å²) in [5, 5.41) is 4.72. The molecule has 0 saturated carbocycles. The van der Waals surface area contributed by atoms with E-state index in [2.05, 4.69) is 53.6 Å². The van der Waals surface area contributed by atoms with Gasteiger partial charge in [-0.15, -0.1) is 0 Å². The minimum Gasteiger partial charge on any atom is -0.361 e. The molecule has 0 aliphatic carbocycles. The Morgan fingerprint density at radius 2 is 2.05 bits per heavy atom. The van der Waals surface area contributed by atoms with Crippen LogP contribution in [-0.2, 0) is 13.0 Å². The highest BCUT2D eigenvalue weighted by Crippen LogP contribution is 2.25. The zero-order valence-corrected chi connectivity index (χ0v) is 13.3. The summed E-state index contributed by atoms with van der Waals surface area (Å²) in [5.41, 5.74) is 4.21. The Bertz CT molecular complexity index is 579. The number of piperidine rings is 1. The molecule has 2 aromatic rings. The van der Waals surface area contributed by atoms with Crippen LogP contribution in [0, 0.1) is 5.92 Å². The number of aromatic nitrogens is 1. The van der Waals surface area contributed by atoms with Crippen molar-refractivity contribution >= 4 is 10.9 Å². The second kappa shape index (κ2) is 6.63. The second-order valence-corrected chi connectivity index (χ2v) is 6.28. The number of likely N-dealkylation sites (tertiary alicyclic amines) is 1. The van der Waals surface area contributed by atoms with Crippen LogP contribution in [0.1, 0.15) is 30.9 Å². The smallest absolute Gasteiger partial charge is 0.0489 e. The van der Waals surface area contributed by atoms with Gasteiger partial charge in [-0.05, 0) is 63.0 Å². The van der Waals surface area contributed by atoms with Gasteiger partial charge in [0, 0.05) is 23.6 Å². The van der Waals surface area contributed by atoms with E-state index in [0.29, 0.717) is 0 Å². The maximum Gasteiger partial charge on any atom is 0.0489 e. The van der Waals surface area contributed by atoms with Gasteiger partial charge in [0.25, 0.3) is 0 Å². The van der Waals surface area contributed by atoms with Crippen LogP contribution < -0.4 is 5.32 Å². The average molecular weight is 285 g/mol. The number of aryl methyl sites for hydroxylation is 1. The molecule has 0 atom stereocenters. The Morgan fingerprint density at radius 1 is 1.24 bits per heavy atom. The van der Waals surface area contributed by atoms with Crippen molar-refractivity contribution in [2.24, 2.45) is 5.92 Å². The summed E-state index contributed by atoms with van der Waals surface area (Å²) in [6, 6.07) is 6.68. The highest BCUT2D eigenvalue weighted by molar-refractivity contribution is 5.86. The molecule has 1 aromatic carbocycles. The maximum absolute atomic E-state index is 3.49. The van der Waals surface area contributed by atoms with Crippen molar-refractivity contribution in [1.82, 2.24) is 15.2 Å². The molecule has 1 aliphatic rings. The molecule has 0 unspecified atom stereocenters. The van der Waals surface area contributed by atoms with Crippen molar-refractivity contribution in [1.29, 1.82) is 0 Å². The first-order valence-electron chi connectivity index (χ1n) is 8.26. The molecule has 3 heteroatoms. The molecular formula is C18H27N3. The number of hydrogen-bond donors (Lipinski definition) is 2. The van der Waals surface area contributed by atoms with E-state index in [4.69, 9.17) is 0 Å². The van der Waals surface area contributed by atoms with Crippen LogP contribution in [0.3, 0.4) is 0 Å². The highest BCUT2D eigenvalue weighted by Gasteiger charge is 2.19. The monoisotopic (exact) mass is 285 g/mol. The molecule has 3 rings (SSSR count). The minimum atomic E-state index is 0.862. The fourth-order valence-electron chi connectivity index (χ4n) is 3.58. The van der Waals surface area contributed by atoms with Gasteiger partial charge in [-0.2, -0.15) is 0 Å². The number of para-hydroxylation sites is 1.